The molecule has 0 saturated heterocycles. The van der Waals surface area contributed by atoms with Gasteiger partial charge >= 0.3 is 0 Å². The molecule has 9 heteroatoms. The highest BCUT2D eigenvalue weighted by atomic mass is 32.2. The van der Waals surface area contributed by atoms with Gasteiger partial charge in [0.25, 0.3) is 5.69 Å². The SMILES string of the molecule is NS(=O)(=O)c1cccc(/N=C/c2cc([N+](=O)[O-])ccc2O)c1. The molecule has 0 aliphatic rings. The number of hydrogen-bond donors (Lipinski definition) is 2. The van der Waals surface area contributed by atoms with Crippen LogP contribution in [0.3, 0.4) is 0 Å². The Kier molecular flexibility index (Phi) is 4.20. The van der Waals surface area contributed by atoms with Crippen LogP contribution in [-0.4, -0.2) is 24.7 Å². The van der Waals surface area contributed by atoms with E-state index in [1.165, 1.54) is 36.5 Å². The van der Waals surface area contributed by atoms with E-state index in [1.807, 2.05) is 0 Å². The molecule has 0 saturated carbocycles. The van der Waals surface area contributed by atoms with Crippen molar-refractivity contribution in [2.24, 2.45) is 10.1 Å². The number of rotatable bonds is 4. The Labute approximate surface area is 125 Å². The van der Waals surface area contributed by atoms with E-state index >= 15 is 0 Å². The first-order valence-electron chi connectivity index (χ1n) is 5.92. The summed E-state index contributed by atoms with van der Waals surface area (Å²) in [5.41, 5.74) is 0.213. The lowest BCUT2D eigenvalue weighted by atomic mass is 10.2. The van der Waals surface area contributed by atoms with Crippen molar-refractivity contribution in [1.82, 2.24) is 0 Å². The average Bonchev–Trinajstić information content (AvgIpc) is 2.45. The maximum absolute atomic E-state index is 11.2. The Morgan fingerprint density at radius 3 is 2.59 bits per heavy atom. The topological polar surface area (TPSA) is 136 Å². The number of nitrogens with zero attached hydrogens (tertiary/aromatic N) is 2. The Bertz CT molecular complexity index is 862. The molecule has 114 valence electrons. The van der Waals surface area contributed by atoms with Gasteiger partial charge in [0.15, 0.2) is 0 Å². The molecular weight excluding hydrogens is 310 g/mol. The fraction of sp³-hybridized carbons (Fsp3) is 0. The zero-order valence-corrected chi connectivity index (χ0v) is 11.9. The summed E-state index contributed by atoms with van der Waals surface area (Å²) in [5, 5.41) is 25.4. The van der Waals surface area contributed by atoms with Gasteiger partial charge in [-0.1, -0.05) is 6.07 Å². The second-order valence-corrected chi connectivity index (χ2v) is 5.86. The molecule has 0 radical (unpaired) electrons. The number of sulfonamides is 1. The number of aromatic hydroxyl groups is 1. The standard InChI is InChI=1S/C13H11N3O5S/c14-22(20,21)12-3-1-2-10(7-12)15-8-9-6-11(16(18)19)4-5-13(9)17/h1-8,17H,(H2,14,20,21)/b15-8+. The van der Waals surface area contributed by atoms with Crippen molar-refractivity contribution in [1.29, 1.82) is 0 Å². The third-order valence-electron chi connectivity index (χ3n) is 2.72. The second-order valence-electron chi connectivity index (χ2n) is 4.30. The van der Waals surface area contributed by atoms with E-state index in [0.29, 0.717) is 0 Å². The largest absolute Gasteiger partial charge is 0.507 e. The van der Waals surface area contributed by atoms with Gasteiger partial charge in [0.05, 0.1) is 15.5 Å². The highest BCUT2D eigenvalue weighted by molar-refractivity contribution is 7.89. The van der Waals surface area contributed by atoms with Crippen molar-refractivity contribution in [2.45, 2.75) is 4.90 Å². The number of benzene rings is 2. The second kappa shape index (κ2) is 5.92. The summed E-state index contributed by atoms with van der Waals surface area (Å²) in [6.45, 7) is 0. The summed E-state index contributed by atoms with van der Waals surface area (Å²) < 4.78 is 22.5. The Balaban J connectivity index is 2.37. The van der Waals surface area contributed by atoms with Crippen LogP contribution in [0.25, 0.3) is 0 Å². The smallest absolute Gasteiger partial charge is 0.270 e. The molecule has 0 spiro atoms. The Morgan fingerprint density at radius 2 is 1.95 bits per heavy atom. The number of phenolic OH excluding ortho intramolecular Hbond substituents is 1. The van der Waals surface area contributed by atoms with Crippen LogP contribution in [0, 0.1) is 10.1 Å². The summed E-state index contributed by atoms with van der Waals surface area (Å²) >= 11 is 0. The maximum Gasteiger partial charge on any atom is 0.270 e. The zero-order valence-electron chi connectivity index (χ0n) is 11.1. The zero-order chi connectivity index (χ0) is 16.3. The Morgan fingerprint density at radius 1 is 1.23 bits per heavy atom. The minimum Gasteiger partial charge on any atom is -0.507 e. The molecule has 0 fully saturated rings. The molecule has 2 aromatic rings. The minimum atomic E-state index is -3.85. The molecule has 3 N–H and O–H groups in total. The van der Waals surface area contributed by atoms with Crippen molar-refractivity contribution < 1.29 is 18.4 Å². The first-order chi connectivity index (χ1) is 10.3. The number of nitro groups is 1. The van der Waals surface area contributed by atoms with Crippen LogP contribution in [0.15, 0.2) is 52.4 Å². The summed E-state index contributed by atoms with van der Waals surface area (Å²) in [7, 11) is -3.85. The third-order valence-corrected chi connectivity index (χ3v) is 3.63. The predicted octanol–water partition coefficient (Wildman–Crippen LogP) is 1.70. The van der Waals surface area contributed by atoms with E-state index in [0.717, 1.165) is 12.1 Å². The van der Waals surface area contributed by atoms with Crippen LogP contribution < -0.4 is 5.14 Å². The summed E-state index contributed by atoms with van der Waals surface area (Å²) in [5.74, 6) is -0.183. The summed E-state index contributed by atoms with van der Waals surface area (Å²) in [4.78, 5) is 14.0. The molecule has 0 heterocycles. The quantitative estimate of drug-likeness (QED) is 0.501. The van der Waals surface area contributed by atoms with E-state index in [-0.39, 0.29) is 27.6 Å². The third kappa shape index (κ3) is 3.65. The number of aliphatic imine (C=N–C) groups is 1. The van der Waals surface area contributed by atoms with E-state index in [1.54, 1.807) is 0 Å². The minimum absolute atomic E-state index is 0.106. The van der Waals surface area contributed by atoms with Crippen molar-refractivity contribution >= 4 is 27.6 Å². The molecule has 0 amide bonds. The van der Waals surface area contributed by atoms with E-state index in [2.05, 4.69) is 4.99 Å². The lowest BCUT2D eigenvalue weighted by Crippen LogP contribution is -2.11. The van der Waals surface area contributed by atoms with Crippen LogP contribution in [0.4, 0.5) is 11.4 Å². The monoisotopic (exact) mass is 321 g/mol. The van der Waals surface area contributed by atoms with Crippen molar-refractivity contribution in [3.63, 3.8) is 0 Å². The van der Waals surface area contributed by atoms with Gasteiger partial charge in [0.1, 0.15) is 5.75 Å². The molecule has 0 bridgehead atoms. The Hall–Kier alpha value is -2.78. The van der Waals surface area contributed by atoms with Gasteiger partial charge in [-0.3, -0.25) is 15.1 Å². The van der Waals surface area contributed by atoms with Crippen LogP contribution in [0.2, 0.25) is 0 Å². The predicted molar refractivity (Wildman–Crippen MR) is 79.8 cm³/mol. The van der Waals surface area contributed by atoms with Gasteiger partial charge in [-0.25, -0.2) is 13.6 Å². The average molecular weight is 321 g/mol. The first kappa shape index (κ1) is 15.6. The molecule has 0 aromatic heterocycles. The number of primary sulfonamides is 1. The normalized spacial score (nSPS) is 11.7. The van der Waals surface area contributed by atoms with Crippen LogP contribution in [-0.2, 0) is 10.0 Å². The van der Waals surface area contributed by atoms with Crippen LogP contribution in [0.5, 0.6) is 5.75 Å². The number of phenols is 1. The maximum atomic E-state index is 11.2. The van der Waals surface area contributed by atoms with Crippen molar-refractivity contribution in [3.05, 3.63) is 58.1 Å². The molecule has 22 heavy (non-hydrogen) atoms. The fourth-order valence-corrected chi connectivity index (χ4v) is 2.20. The van der Waals surface area contributed by atoms with Gasteiger partial charge < -0.3 is 5.11 Å². The number of non-ortho nitro benzene ring substituents is 1. The van der Waals surface area contributed by atoms with Gasteiger partial charge in [-0.05, 0) is 24.3 Å². The first-order valence-corrected chi connectivity index (χ1v) is 7.46. The highest BCUT2D eigenvalue weighted by Crippen LogP contribution is 2.23. The molecular formula is C13H11N3O5S. The number of hydrogen-bond acceptors (Lipinski definition) is 6. The molecule has 0 aliphatic heterocycles. The van der Waals surface area contributed by atoms with E-state index < -0.39 is 14.9 Å². The van der Waals surface area contributed by atoms with Gasteiger partial charge in [-0.2, -0.15) is 0 Å². The van der Waals surface area contributed by atoms with E-state index in [4.69, 9.17) is 5.14 Å². The van der Waals surface area contributed by atoms with Gasteiger partial charge in [-0.15, -0.1) is 0 Å². The molecule has 8 nitrogen and oxygen atoms in total. The molecule has 0 unspecified atom stereocenters. The molecule has 2 aromatic carbocycles. The number of nitrogens with two attached hydrogens (primary N) is 1. The van der Waals surface area contributed by atoms with Crippen LogP contribution in [0.1, 0.15) is 5.56 Å². The lowest BCUT2D eigenvalue weighted by molar-refractivity contribution is -0.384. The van der Waals surface area contributed by atoms with E-state index in [9.17, 15) is 23.6 Å². The van der Waals surface area contributed by atoms with Crippen molar-refractivity contribution in [2.75, 3.05) is 0 Å². The highest BCUT2D eigenvalue weighted by Gasteiger charge is 2.09. The number of nitro benzene ring substituents is 1. The molecule has 0 aliphatic carbocycles. The fourth-order valence-electron chi connectivity index (χ4n) is 1.64. The van der Waals surface area contributed by atoms with Gasteiger partial charge in [0, 0.05) is 23.9 Å². The van der Waals surface area contributed by atoms with Crippen molar-refractivity contribution in [3.8, 4) is 5.75 Å². The lowest BCUT2D eigenvalue weighted by Gasteiger charge is -2.00. The van der Waals surface area contributed by atoms with Crippen LogP contribution >= 0.6 is 0 Å². The summed E-state index contributed by atoms with van der Waals surface area (Å²) in [6.07, 6.45) is 1.20. The van der Waals surface area contributed by atoms with Gasteiger partial charge in [0.2, 0.25) is 10.0 Å². The molecule has 2 rings (SSSR count). The summed E-state index contributed by atoms with van der Waals surface area (Å²) in [6, 6.07) is 9.05. The molecule has 0 atom stereocenters.